The first-order valence-corrected chi connectivity index (χ1v) is 6.63. The van der Waals surface area contributed by atoms with Gasteiger partial charge in [0.25, 0.3) is 0 Å². The monoisotopic (exact) mass is 315 g/mol. The van der Waals surface area contributed by atoms with E-state index in [2.05, 4.69) is 10.4 Å². The second kappa shape index (κ2) is 7.69. The Labute approximate surface area is 132 Å². The smallest absolute Gasteiger partial charge is 0.329 e. The molecule has 0 fully saturated rings. The minimum absolute atomic E-state index is 0.198. The number of amides is 2. The van der Waals surface area contributed by atoms with Gasteiger partial charge in [-0.25, -0.2) is 9.82 Å². The molecule has 7 heteroatoms. The van der Waals surface area contributed by atoms with Crippen molar-refractivity contribution >= 4 is 23.7 Å². The Morgan fingerprint density at radius 3 is 2.43 bits per heavy atom. The topological polar surface area (TPSA) is 79.8 Å². The molecule has 0 aliphatic carbocycles. The van der Waals surface area contributed by atoms with Crippen LogP contribution in [0, 0.1) is 5.82 Å². The number of methoxy groups -OCH3 is 1. The lowest BCUT2D eigenvalue weighted by Crippen LogP contribution is -2.32. The fraction of sp³-hybridized carbons (Fsp3) is 0.0625. The Balaban J connectivity index is 1.89. The molecule has 2 amide bonds. The van der Waals surface area contributed by atoms with E-state index in [0.29, 0.717) is 11.4 Å². The number of carbonyl (C=O) groups excluding carboxylic acids is 2. The first-order chi connectivity index (χ1) is 11.1. The molecule has 0 unspecified atom stereocenters. The Hall–Kier alpha value is -3.22. The fourth-order valence-electron chi connectivity index (χ4n) is 1.65. The number of rotatable bonds is 4. The Bertz CT molecular complexity index is 730. The third kappa shape index (κ3) is 4.63. The maximum atomic E-state index is 13.3. The van der Waals surface area contributed by atoms with Crippen molar-refractivity contribution in [1.29, 1.82) is 0 Å². The van der Waals surface area contributed by atoms with Gasteiger partial charge in [0, 0.05) is 11.3 Å². The van der Waals surface area contributed by atoms with E-state index in [1.54, 1.807) is 30.3 Å². The average molecular weight is 315 g/mol. The van der Waals surface area contributed by atoms with E-state index in [9.17, 15) is 14.0 Å². The molecular formula is C16H14FN3O3. The van der Waals surface area contributed by atoms with Crippen LogP contribution in [0.5, 0.6) is 5.75 Å². The second-order valence-electron chi connectivity index (χ2n) is 4.40. The highest BCUT2D eigenvalue weighted by Crippen LogP contribution is 2.14. The zero-order valence-corrected chi connectivity index (χ0v) is 12.2. The summed E-state index contributed by atoms with van der Waals surface area (Å²) in [4.78, 5) is 23.3. The number of ether oxygens (including phenoxy) is 1. The molecule has 2 N–H and O–H groups in total. The molecule has 6 nitrogen and oxygen atoms in total. The van der Waals surface area contributed by atoms with Crippen LogP contribution in [0.1, 0.15) is 5.56 Å². The van der Waals surface area contributed by atoms with Gasteiger partial charge in [-0.15, -0.1) is 0 Å². The van der Waals surface area contributed by atoms with Crippen LogP contribution in [0.4, 0.5) is 10.1 Å². The number of nitrogens with one attached hydrogen (secondary N) is 2. The Morgan fingerprint density at radius 1 is 1.09 bits per heavy atom. The summed E-state index contributed by atoms with van der Waals surface area (Å²) >= 11 is 0. The maximum absolute atomic E-state index is 13.3. The third-order valence-corrected chi connectivity index (χ3v) is 2.83. The summed E-state index contributed by atoms with van der Waals surface area (Å²) in [5, 5.41) is 5.95. The van der Waals surface area contributed by atoms with E-state index in [0.717, 1.165) is 6.21 Å². The first-order valence-electron chi connectivity index (χ1n) is 6.63. The molecule has 0 spiro atoms. The summed E-state index contributed by atoms with van der Waals surface area (Å²) in [6.07, 6.45) is 1.12. The van der Waals surface area contributed by atoms with E-state index in [1.807, 2.05) is 5.43 Å². The number of anilines is 1. The summed E-state index contributed by atoms with van der Waals surface area (Å²) in [6, 6.07) is 12.4. The highest BCUT2D eigenvalue weighted by atomic mass is 19.1. The third-order valence-electron chi connectivity index (χ3n) is 2.83. The van der Waals surface area contributed by atoms with Gasteiger partial charge in [-0.3, -0.25) is 9.59 Å². The van der Waals surface area contributed by atoms with Crippen molar-refractivity contribution in [2.24, 2.45) is 5.10 Å². The van der Waals surface area contributed by atoms with Crippen molar-refractivity contribution in [1.82, 2.24) is 5.43 Å². The van der Waals surface area contributed by atoms with E-state index in [1.165, 1.54) is 25.3 Å². The van der Waals surface area contributed by atoms with E-state index < -0.39 is 17.6 Å². The van der Waals surface area contributed by atoms with Gasteiger partial charge in [0.1, 0.15) is 11.6 Å². The van der Waals surface area contributed by atoms with Crippen LogP contribution in [-0.4, -0.2) is 25.1 Å². The predicted molar refractivity (Wildman–Crippen MR) is 83.8 cm³/mol. The van der Waals surface area contributed by atoms with Gasteiger partial charge >= 0.3 is 11.8 Å². The van der Waals surface area contributed by atoms with Crippen molar-refractivity contribution < 1.29 is 18.7 Å². The normalized spacial score (nSPS) is 10.3. The zero-order chi connectivity index (χ0) is 16.7. The summed E-state index contributed by atoms with van der Waals surface area (Å²) in [7, 11) is 1.52. The summed E-state index contributed by atoms with van der Waals surface area (Å²) < 4.78 is 18.3. The molecule has 0 saturated heterocycles. The number of carbonyl (C=O) groups is 2. The number of hydrazone groups is 1. The lowest BCUT2D eigenvalue weighted by Gasteiger charge is -2.05. The lowest BCUT2D eigenvalue weighted by molar-refractivity contribution is -0.136. The SMILES string of the molecule is COc1ccc(NC(=O)C(=O)N/N=C\c2ccccc2F)cc1. The minimum atomic E-state index is -0.964. The van der Waals surface area contributed by atoms with Crippen LogP contribution >= 0.6 is 0 Å². The van der Waals surface area contributed by atoms with Crippen LogP contribution in [0.3, 0.4) is 0 Å². The van der Waals surface area contributed by atoms with Crippen molar-refractivity contribution in [2.45, 2.75) is 0 Å². The van der Waals surface area contributed by atoms with Crippen LogP contribution in [0.25, 0.3) is 0 Å². The van der Waals surface area contributed by atoms with Gasteiger partial charge < -0.3 is 10.1 Å². The molecule has 0 saturated carbocycles. The molecule has 0 aromatic heterocycles. The van der Waals surface area contributed by atoms with Gasteiger partial charge in [0.15, 0.2) is 0 Å². The highest BCUT2D eigenvalue weighted by molar-refractivity contribution is 6.39. The Kier molecular flexibility index (Phi) is 5.40. The Morgan fingerprint density at radius 2 is 1.78 bits per heavy atom. The van der Waals surface area contributed by atoms with Gasteiger partial charge in [0.05, 0.1) is 13.3 Å². The molecule has 2 rings (SSSR count). The van der Waals surface area contributed by atoms with E-state index in [-0.39, 0.29) is 5.56 Å². The van der Waals surface area contributed by atoms with Crippen molar-refractivity contribution in [3.05, 3.63) is 59.9 Å². The molecule has 2 aromatic carbocycles. The maximum Gasteiger partial charge on any atom is 0.329 e. The lowest BCUT2D eigenvalue weighted by atomic mass is 10.2. The van der Waals surface area contributed by atoms with Crippen LogP contribution in [0.2, 0.25) is 0 Å². The highest BCUT2D eigenvalue weighted by Gasteiger charge is 2.12. The summed E-state index contributed by atoms with van der Waals surface area (Å²) in [5.74, 6) is -1.70. The molecule has 23 heavy (non-hydrogen) atoms. The van der Waals surface area contributed by atoms with Crippen LogP contribution in [-0.2, 0) is 9.59 Å². The van der Waals surface area contributed by atoms with Gasteiger partial charge in [-0.05, 0) is 30.3 Å². The molecular weight excluding hydrogens is 301 g/mol. The van der Waals surface area contributed by atoms with Gasteiger partial charge in [-0.1, -0.05) is 18.2 Å². The van der Waals surface area contributed by atoms with Gasteiger partial charge in [0.2, 0.25) is 0 Å². The number of nitrogens with zero attached hydrogens (tertiary/aromatic N) is 1. The molecule has 0 aliphatic heterocycles. The van der Waals surface area contributed by atoms with Crippen molar-refractivity contribution in [3.63, 3.8) is 0 Å². The molecule has 0 atom stereocenters. The molecule has 0 bridgehead atoms. The second-order valence-corrected chi connectivity index (χ2v) is 4.40. The minimum Gasteiger partial charge on any atom is -0.497 e. The number of hydrogen-bond acceptors (Lipinski definition) is 4. The van der Waals surface area contributed by atoms with Crippen LogP contribution < -0.4 is 15.5 Å². The first kappa shape index (κ1) is 16.2. The number of halogens is 1. The fourth-order valence-corrected chi connectivity index (χ4v) is 1.65. The number of hydrogen-bond donors (Lipinski definition) is 2. The van der Waals surface area contributed by atoms with Crippen molar-refractivity contribution in [2.75, 3.05) is 12.4 Å². The summed E-state index contributed by atoms with van der Waals surface area (Å²) in [6.45, 7) is 0. The average Bonchev–Trinajstić information content (AvgIpc) is 2.57. The number of benzene rings is 2. The van der Waals surface area contributed by atoms with E-state index in [4.69, 9.17) is 4.74 Å². The molecule has 0 radical (unpaired) electrons. The predicted octanol–water partition coefficient (Wildman–Crippen LogP) is 1.92. The van der Waals surface area contributed by atoms with Crippen LogP contribution in [0.15, 0.2) is 53.6 Å². The molecule has 0 aliphatic rings. The van der Waals surface area contributed by atoms with E-state index >= 15 is 0 Å². The van der Waals surface area contributed by atoms with Gasteiger partial charge in [-0.2, -0.15) is 5.10 Å². The molecule has 118 valence electrons. The quantitative estimate of drug-likeness (QED) is 0.514. The zero-order valence-electron chi connectivity index (χ0n) is 12.2. The van der Waals surface area contributed by atoms with Crippen molar-refractivity contribution in [3.8, 4) is 5.75 Å². The molecule has 0 heterocycles. The summed E-state index contributed by atoms with van der Waals surface area (Å²) in [5.41, 5.74) is 2.66. The largest absolute Gasteiger partial charge is 0.497 e. The standard InChI is InChI=1S/C16H14FN3O3/c1-23-13-8-6-12(7-9-13)19-15(21)16(22)20-18-10-11-4-2-3-5-14(11)17/h2-10H,1H3,(H,19,21)(H,20,22)/b18-10-. The molecule has 2 aromatic rings.